The Kier molecular flexibility index (Phi) is 19.0. The first-order valence-electron chi connectivity index (χ1n) is 16.4. The standard InChI is InChI=1S/C22H30ClN7O3.C7H14BrNO.C3H6BrCl/c1-14-11-25-16(15(2)19(14)32-3)12-29-13-17(31)30(6-4-5-28-7-9-33-10-8-28)18-20(23)26-22(24)27-21(18)29;8-2-1-3-9-4-6-10-7-5-9;4-2-1-3-5/h11H,4-10,12-13H2,1-3H3,(H2,24,26,27);1-7H2;1-3H2. The van der Waals surface area contributed by atoms with Crippen molar-refractivity contribution in [1.82, 2.24) is 24.8 Å². The largest absolute Gasteiger partial charge is 0.496 e. The van der Waals surface area contributed by atoms with Crippen molar-refractivity contribution < 1.29 is 19.0 Å². The van der Waals surface area contributed by atoms with Gasteiger partial charge in [0.25, 0.3) is 0 Å². The predicted molar refractivity (Wildman–Crippen MR) is 202 cm³/mol. The summed E-state index contributed by atoms with van der Waals surface area (Å²) in [6.45, 7) is 14.4. The number of nitrogens with zero attached hydrogens (tertiary/aromatic N) is 7. The zero-order valence-corrected chi connectivity index (χ0v) is 33.0. The van der Waals surface area contributed by atoms with Crippen molar-refractivity contribution in [3.05, 3.63) is 28.2 Å². The Morgan fingerprint density at radius 2 is 1.54 bits per heavy atom. The summed E-state index contributed by atoms with van der Waals surface area (Å²) in [6, 6.07) is 0. The number of anilines is 3. The van der Waals surface area contributed by atoms with Gasteiger partial charge in [-0.15, -0.1) is 11.6 Å². The lowest BCUT2D eigenvalue weighted by molar-refractivity contribution is -0.117. The highest BCUT2D eigenvalue weighted by molar-refractivity contribution is 9.09. The second-order valence-electron chi connectivity index (χ2n) is 11.5. The zero-order chi connectivity index (χ0) is 34.9. The van der Waals surface area contributed by atoms with E-state index >= 15 is 0 Å². The third kappa shape index (κ3) is 12.7. The van der Waals surface area contributed by atoms with Gasteiger partial charge in [-0.25, -0.2) is 0 Å². The molecule has 1 amide bonds. The second-order valence-corrected chi connectivity index (χ2v) is 13.9. The van der Waals surface area contributed by atoms with Crippen LogP contribution in [0.2, 0.25) is 5.15 Å². The number of fused-ring (bicyclic) bond motifs is 1. The molecule has 0 aromatic carbocycles. The number of halogens is 4. The van der Waals surface area contributed by atoms with Gasteiger partial charge in [-0.2, -0.15) is 9.97 Å². The molecular formula is C32H50Br2Cl2N8O4. The average Bonchev–Trinajstić information content (AvgIpc) is 3.08. The van der Waals surface area contributed by atoms with Gasteiger partial charge in [0.15, 0.2) is 11.0 Å². The molecule has 3 aliphatic rings. The molecule has 5 rings (SSSR count). The van der Waals surface area contributed by atoms with Crippen LogP contribution in [0, 0.1) is 13.8 Å². The number of amides is 1. The van der Waals surface area contributed by atoms with Crippen LogP contribution in [0.5, 0.6) is 5.75 Å². The number of carbonyl (C=O) groups excluding carboxylic acids is 1. The summed E-state index contributed by atoms with van der Waals surface area (Å²) in [7, 11) is 1.64. The summed E-state index contributed by atoms with van der Waals surface area (Å²) in [4.78, 5) is 34.7. The van der Waals surface area contributed by atoms with E-state index < -0.39 is 0 Å². The number of carbonyl (C=O) groups is 1. The molecule has 0 spiro atoms. The maximum Gasteiger partial charge on any atom is 0.246 e. The van der Waals surface area contributed by atoms with E-state index in [0.717, 1.165) is 111 Å². The lowest BCUT2D eigenvalue weighted by Gasteiger charge is -2.37. The van der Waals surface area contributed by atoms with Crippen LogP contribution in [0.25, 0.3) is 0 Å². The topological polar surface area (TPSA) is 122 Å². The maximum atomic E-state index is 13.2. The highest BCUT2D eigenvalue weighted by Gasteiger charge is 2.34. The molecule has 270 valence electrons. The lowest BCUT2D eigenvalue weighted by Crippen LogP contribution is -2.47. The summed E-state index contributed by atoms with van der Waals surface area (Å²) in [5.74, 6) is 2.10. The highest BCUT2D eigenvalue weighted by Crippen LogP contribution is 2.39. The maximum absolute atomic E-state index is 13.2. The Labute approximate surface area is 312 Å². The van der Waals surface area contributed by atoms with Crippen LogP contribution in [0.15, 0.2) is 6.20 Å². The Morgan fingerprint density at radius 1 is 0.938 bits per heavy atom. The molecule has 2 aromatic heterocycles. The Morgan fingerprint density at radius 3 is 2.08 bits per heavy atom. The number of morpholine rings is 2. The summed E-state index contributed by atoms with van der Waals surface area (Å²) in [5.41, 5.74) is 9.10. The molecular weight excluding hydrogens is 791 g/mol. The number of rotatable bonds is 12. The average molecular weight is 842 g/mol. The van der Waals surface area contributed by atoms with Crippen molar-refractivity contribution in [3.8, 4) is 5.75 Å². The van der Waals surface area contributed by atoms with Gasteiger partial charge in [0.05, 0.1) is 52.3 Å². The zero-order valence-electron chi connectivity index (χ0n) is 28.4. The van der Waals surface area contributed by atoms with Crippen LogP contribution in [0.4, 0.5) is 17.5 Å². The quantitative estimate of drug-likeness (QED) is 0.232. The third-order valence-corrected chi connectivity index (χ3v) is 9.72. The Balaban J connectivity index is 0.000000345. The van der Waals surface area contributed by atoms with E-state index in [1.54, 1.807) is 18.2 Å². The normalized spacial score (nSPS) is 16.9. The minimum absolute atomic E-state index is 0.0588. The van der Waals surface area contributed by atoms with E-state index in [2.05, 4.69) is 56.6 Å². The highest BCUT2D eigenvalue weighted by atomic mass is 79.9. The van der Waals surface area contributed by atoms with E-state index in [1.807, 2.05) is 18.7 Å². The molecule has 5 heterocycles. The van der Waals surface area contributed by atoms with Crippen molar-refractivity contribution in [2.45, 2.75) is 39.7 Å². The van der Waals surface area contributed by atoms with Crippen molar-refractivity contribution in [1.29, 1.82) is 0 Å². The van der Waals surface area contributed by atoms with Crippen LogP contribution in [0.3, 0.4) is 0 Å². The molecule has 0 aliphatic carbocycles. The first-order chi connectivity index (χ1) is 23.2. The number of aryl methyl sites for hydroxylation is 1. The fourth-order valence-electron chi connectivity index (χ4n) is 5.55. The van der Waals surface area contributed by atoms with E-state index in [4.69, 9.17) is 43.1 Å². The monoisotopic (exact) mass is 838 g/mol. The summed E-state index contributed by atoms with van der Waals surface area (Å²) >= 11 is 18.4. The SMILES string of the molecule is BrCCCN1CCOCC1.COc1c(C)cnc(CN2CC(=O)N(CCCN3CCOCC3)c3c(Cl)nc(N)nc32)c1C.ClCCCBr. The molecule has 16 heteroatoms. The third-order valence-electron chi connectivity index (χ3n) is 8.07. The first kappa shape index (κ1) is 40.9. The number of ether oxygens (including phenoxy) is 3. The number of methoxy groups -OCH3 is 1. The smallest absolute Gasteiger partial charge is 0.246 e. The number of hydrogen-bond acceptors (Lipinski definition) is 11. The van der Waals surface area contributed by atoms with Gasteiger partial charge in [0.1, 0.15) is 11.4 Å². The molecule has 2 aromatic rings. The molecule has 0 radical (unpaired) electrons. The van der Waals surface area contributed by atoms with Crippen LogP contribution >= 0.6 is 55.1 Å². The molecule has 2 fully saturated rings. The van der Waals surface area contributed by atoms with Gasteiger partial charge in [-0.05, 0) is 39.7 Å². The number of pyridine rings is 1. The molecule has 2 saturated heterocycles. The molecule has 12 nitrogen and oxygen atoms in total. The minimum atomic E-state index is -0.0588. The van der Waals surface area contributed by atoms with Crippen LogP contribution < -0.4 is 20.3 Å². The number of alkyl halides is 3. The number of nitrogens with two attached hydrogens (primary N) is 1. The van der Waals surface area contributed by atoms with Gasteiger partial charge < -0.3 is 29.7 Å². The van der Waals surface area contributed by atoms with E-state index in [-0.39, 0.29) is 23.6 Å². The van der Waals surface area contributed by atoms with Gasteiger partial charge in [-0.1, -0.05) is 43.5 Å². The molecule has 2 N–H and O–H groups in total. The summed E-state index contributed by atoms with van der Waals surface area (Å²) in [6.07, 6.45) is 4.90. The predicted octanol–water partition coefficient (Wildman–Crippen LogP) is 4.92. The van der Waals surface area contributed by atoms with Gasteiger partial charge >= 0.3 is 0 Å². The van der Waals surface area contributed by atoms with Crippen LogP contribution in [-0.2, 0) is 20.8 Å². The molecule has 48 heavy (non-hydrogen) atoms. The fraction of sp³-hybridized carbons (Fsp3) is 0.688. The van der Waals surface area contributed by atoms with Gasteiger partial charge in [0, 0.05) is 73.1 Å². The number of hydrogen-bond donors (Lipinski definition) is 1. The molecule has 0 unspecified atom stereocenters. The molecule has 3 aliphatic heterocycles. The van der Waals surface area contributed by atoms with Crippen molar-refractivity contribution in [3.63, 3.8) is 0 Å². The van der Waals surface area contributed by atoms with Gasteiger partial charge in [0.2, 0.25) is 11.9 Å². The molecule has 0 bridgehead atoms. The number of aromatic nitrogens is 3. The van der Waals surface area contributed by atoms with Crippen molar-refractivity contribution in [2.75, 3.05) is 118 Å². The minimum Gasteiger partial charge on any atom is -0.496 e. The van der Waals surface area contributed by atoms with Crippen LogP contribution in [-0.4, -0.2) is 133 Å². The number of nitrogen functional groups attached to an aromatic ring is 1. The van der Waals surface area contributed by atoms with Crippen molar-refractivity contribution in [2.24, 2.45) is 0 Å². The fourth-order valence-corrected chi connectivity index (χ4v) is 6.81. The summed E-state index contributed by atoms with van der Waals surface area (Å²) < 4.78 is 16.2. The van der Waals surface area contributed by atoms with Crippen LogP contribution in [0.1, 0.15) is 36.1 Å². The molecule has 0 saturated carbocycles. The first-order valence-corrected chi connectivity index (χ1v) is 19.5. The molecule has 0 atom stereocenters. The van der Waals surface area contributed by atoms with E-state index in [9.17, 15) is 4.79 Å². The Bertz CT molecular complexity index is 1270. The van der Waals surface area contributed by atoms with E-state index in [1.165, 1.54) is 13.0 Å². The Hall–Kier alpha value is -1.52. The van der Waals surface area contributed by atoms with Gasteiger partial charge in [-0.3, -0.25) is 19.6 Å². The second kappa shape index (κ2) is 22.3. The van der Waals surface area contributed by atoms with E-state index in [0.29, 0.717) is 24.6 Å². The van der Waals surface area contributed by atoms with Crippen molar-refractivity contribution >= 4 is 78.4 Å². The lowest BCUT2D eigenvalue weighted by atomic mass is 10.1. The summed E-state index contributed by atoms with van der Waals surface area (Å²) in [5, 5.41) is 2.31.